The molecular formula is C19H21Cl2N5O3. The van der Waals surface area contributed by atoms with Crippen molar-refractivity contribution in [2.75, 3.05) is 5.73 Å². The largest absolute Gasteiger partial charge is 0.399 e. The summed E-state index contributed by atoms with van der Waals surface area (Å²) in [4.78, 5) is 45.1. The number of hydrogen-bond donors (Lipinski definition) is 4. The maximum atomic E-state index is 12.8. The van der Waals surface area contributed by atoms with Gasteiger partial charge in [-0.15, -0.1) is 24.8 Å². The van der Waals surface area contributed by atoms with E-state index in [0.717, 1.165) is 30.4 Å². The molecule has 1 aliphatic carbocycles. The lowest BCUT2D eigenvalue weighted by molar-refractivity contribution is 0.0928. The van der Waals surface area contributed by atoms with Crippen molar-refractivity contribution in [1.29, 1.82) is 0 Å². The van der Waals surface area contributed by atoms with E-state index in [4.69, 9.17) is 5.73 Å². The van der Waals surface area contributed by atoms with Crippen LogP contribution in [0.3, 0.4) is 0 Å². The number of carbonyl (C=O) groups excluding carboxylic acids is 1. The number of carbonyl (C=O) groups is 1. The molecule has 8 nitrogen and oxygen atoms in total. The van der Waals surface area contributed by atoms with Gasteiger partial charge in [0.25, 0.3) is 11.5 Å². The Balaban J connectivity index is 0.00000150. The number of aromatic amines is 2. The number of benzene rings is 1. The zero-order valence-corrected chi connectivity index (χ0v) is 17.2. The summed E-state index contributed by atoms with van der Waals surface area (Å²) in [7, 11) is 0. The molecule has 0 fully saturated rings. The van der Waals surface area contributed by atoms with Crippen molar-refractivity contribution in [3.63, 3.8) is 0 Å². The molecule has 0 aliphatic heterocycles. The number of anilines is 1. The van der Waals surface area contributed by atoms with E-state index < -0.39 is 11.2 Å². The fraction of sp³-hybridized carbons (Fsp3) is 0.263. The van der Waals surface area contributed by atoms with Crippen LogP contribution < -0.4 is 22.3 Å². The predicted octanol–water partition coefficient (Wildman–Crippen LogP) is 2.15. The topological polar surface area (TPSA) is 134 Å². The molecule has 1 atom stereocenters. The van der Waals surface area contributed by atoms with Crippen LogP contribution in [0.15, 0.2) is 33.9 Å². The van der Waals surface area contributed by atoms with E-state index >= 15 is 0 Å². The average Bonchev–Trinajstić information content (AvgIpc) is 2.60. The van der Waals surface area contributed by atoms with Gasteiger partial charge in [-0.1, -0.05) is 6.07 Å². The molecule has 1 aromatic carbocycles. The van der Waals surface area contributed by atoms with Gasteiger partial charge in [0, 0.05) is 5.69 Å². The summed E-state index contributed by atoms with van der Waals surface area (Å²) in [6.45, 7) is 1.70. The summed E-state index contributed by atoms with van der Waals surface area (Å²) in [5.74, 6) is -0.351. The summed E-state index contributed by atoms with van der Waals surface area (Å²) >= 11 is 0. The number of nitrogens with zero attached hydrogens (tertiary/aromatic N) is 1. The van der Waals surface area contributed by atoms with Gasteiger partial charge in [0.15, 0.2) is 0 Å². The van der Waals surface area contributed by atoms with Gasteiger partial charge in [-0.2, -0.15) is 0 Å². The Hall–Kier alpha value is -2.84. The van der Waals surface area contributed by atoms with Crippen LogP contribution in [0.2, 0.25) is 0 Å². The van der Waals surface area contributed by atoms with Crippen molar-refractivity contribution in [2.45, 2.75) is 32.2 Å². The Labute approximate surface area is 178 Å². The van der Waals surface area contributed by atoms with Gasteiger partial charge < -0.3 is 11.1 Å². The van der Waals surface area contributed by atoms with Crippen molar-refractivity contribution >= 4 is 47.4 Å². The Kier molecular flexibility index (Phi) is 6.71. The van der Waals surface area contributed by atoms with Gasteiger partial charge in [-0.05, 0) is 61.1 Å². The maximum Gasteiger partial charge on any atom is 0.327 e. The lowest BCUT2D eigenvalue weighted by Gasteiger charge is -2.26. The fourth-order valence-electron chi connectivity index (χ4n) is 3.69. The number of nitrogens with one attached hydrogen (secondary N) is 3. The summed E-state index contributed by atoms with van der Waals surface area (Å²) in [5, 5.41) is 3.28. The number of hydrogen-bond acceptors (Lipinski definition) is 5. The van der Waals surface area contributed by atoms with Gasteiger partial charge in [0.2, 0.25) is 0 Å². The van der Waals surface area contributed by atoms with Gasteiger partial charge in [-0.3, -0.25) is 19.6 Å². The molecule has 0 spiro atoms. The quantitative estimate of drug-likeness (QED) is 0.455. The molecule has 0 saturated carbocycles. The van der Waals surface area contributed by atoms with Crippen LogP contribution in [0.1, 0.15) is 46.1 Å². The van der Waals surface area contributed by atoms with Crippen LogP contribution in [-0.2, 0) is 6.42 Å². The maximum absolute atomic E-state index is 12.8. The van der Waals surface area contributed by atoms with Crippen molar-refractivity contribution in [2.24, 2.45) is 0 Å². The SMILES string of the molecule is Cc1cc(C(=O)NC2CCCc3cc(N)ccc32)nc2[nH]c(=O)[nH]c(=O)c12.Cl.Cl. The van der Waals surface area contributed by atoms with Crippen LogP contribution in [0, 0.1) is 6.92 Å². The van der Waals surface area contributed by atoms with Gasteiger partial charge in [-0.25, -0.2) is 9.78 Å². The molecule has 2 heterocycles. The van der Waals surface area contributed by atoms with E-state index in [1.807, 2.05) is 18.2 Å². The molecule has 0 radical (unpaired) electrons. The minimum atomic E-state index is -0.657. The van der Waals surface area contributed by atoms with Gasteiger partial charge >= 0.3 is 5.69 Å². The highest BCUT2D eigenvalue weighted by Gasteiger charge is 2.23. The highest BCUT2D eigenvalue weighted by atomic mass is 35.5. The van der Waals surface area contributed by atoms with Gasteiger partial charge in [0.05, 0.1) is 11.4 Å². The number of nitrogens with two attached hydrogens (primary N) is 1. The molecule has 2 aromatic heterocycles. The number of halogens is 2. The first-order chi connectivity index (χ1) is 12.9. The molecule has 154 valence electrons. The number of rotatable bonds is 2. The third-order valence-electron chi connectivity index (χ3n) is 4.92. The van der Waals surface area contributed by atoms with E-state index in [9.17, 15) is 14.4 Å². The highest BCUT2D eigenvalue weighted by molar-refractivity contribution is 5.95. The van der Waals surface area contributed by atoms with E-state index in [2.05, 4.69) is 20.3 Å². The Bertz CT molecular complexity index is 1190. The fourth-order valence-corrected chi connectivity index (χ4v) is 3.69. The number of aromatic nitrogens is 3. The standard InChI is InChI=1S/C19H19N5O3.2ClH/c1-9-7-14(21-16-15(9)18(26)24-19(27)23-16)17(25)22-13-4-2-3-10-8-11(20)5-6-12(10)13;;/h5-8,13H,2-4,20H2,1H3,(H,22,25)(H2,21,23,24,26,27);2*1H. The Morgan fingerprint density at radius 3 is 2.72 bits per heavy atom. The predicted molar refractivity (Wildman–Crippen MR) is 116 cm³/mol. The second kappa shape index (κ2) is 8.67. The summed E-state index contributed by atoms with van der Waals surface area (Å²) in [6.07, 6.45) is 2.71. The third-order valence-corrected chi connectivity index (χ3v) is 4.92. The van der Waals surface area contributed by atoms with Crippen molar-refractivity contribution in [1.82, 2.24) is 20.3 Å². The van der Waals surface area contributed by atoms with E-state index in [1.54, 1.807) is 13.0 Å². The highest BCUT2D eigenvalue weighted by Crippen LogP contribution is 2.31. The zero-order valence-electron chi connectivity index (χ0n) is 15.6. The van der Waals surface area contributed by atoms with Crippen LogP contribution in [0.25, 0.3) is 11.0 Å². The number of aryl methyl sites for hydroxylation is 2. The molecule has 10 heteroatoms. The molecular weight excluding hydrogens is 417 g/mol. The van der Waals surface area contributed by atoms with Crippen molar-refractivity contribution < 1.29 is 4.79 Å². The Morgan fingerprint density at radius 1 is 1.21 bits per heavy atom. The summed E-state index contributed by atoms with van der Waals surface area (Å²) in [6, 6.07) is 7.16. The first-order valence-corrected chi connectivity index (χ1v) is 8.75. The first-order valence-electron chi connectivity index (χ1n) is 8.75. The number of nitrogen functional groups attached to an aromatic ring is 1. The molecule has 29 heavy (non-hydrogen) atoms. The number of H-pyrrole nitrogens is 2. The lowest BCUT2D eigenvalue weighted by atomic mass is 9.87. The van der Waals surface area contributed by atoms with E-state index in [0.29, 0.717) is 11.3 Å². The molecule has 4 rings (SSSR count). The van der Waals surface area contributed by atoms with Crippen LogP contribution in [0.5, 0.6) is 0 Å². The molecule has 0 saturated heterocycles. The van der Waals surface area contributed by atoms with Crippen molar-refractivity contribution in [3.8, 4) is 0 Å². The molecule has 1 amide bonds. The first kappa shape index (κ1) is 22.4. The lowest BCUT2D eigenvalue weighted by Crippen LogP contribution is -2.32. The molecule has 1 aliphatic rings. The van der Waals surface area contributed by atoms with Gasteiger partial charge in [0.1, 0.15) is 11.3 Å². The molecule has 1 unspecified atom stereocenters. The second-order valence-corrected chi connectivity index (χ2v) is 6.83. The summed E-state index contributed by atoms with van der Waals surface area (Å²) < 4.78 is 0. The normalized spacial score (nSPS) is 15.0. The Morgan fingerprint density at radius 2 is 1.97 bits per heavy atom. The molecule has 0 bridgehead atoms. The molecule has 5 N–H and O–H groups in total. The van der Waals surface area contributed by atoms with E-state index in [1.165, 1.54) is 0 Å². The average molecular weight is 438 g/mol. The minimum Gasteiger partial charge on any atom is -0.399 e. The minimum absolute atomic E-state index is 0. The third kappa shape index (κ3) is 4.28. The van der Waals surface area contributed by atoms with Crippen LogP contribution in [0.4, 0.5) is 5.69 Å². The number of fused-ring (bicyclic) bond motifs is 2. The monoisotopic (exact) mass is 437 g/mol. The zero-order chi connectivity index (χ0) is 19.1. The summed E-state index contributed by atoms with van der Waals surface area (Å²) in [5.41, 5.74) is 8.42. The number of pyridine rings is 1. The molecule has 3 aromatic rings. The smallest absolute Gasteiger partial charge is 0.327 e. The van der Waals surface area contributed by atoms with Crippen LogP contribution in [-0.4, -0.2) is 20.9 Å². The van der Waals surface area contributed by atoms with E-state index in [-0.39, 0.29) is 53.5 Å². The van der Waals surface area contributed by atoms with Crippen molar-refractivity contribution in [3.05, 3.63) is 67.5 Å². The second-order valence-electron chi connectivity index (χ2n) is 6.83. The number of amides is 1. The van der Waals surface area contributed by atoms with Crippen LogP contribution >= 0.6 is 24.8 Å².